The Morgan fingerprint density at radius 1 is 1.15 bits per heavy atom. The Kier molecular flexibility index (Phi) is 6.30. The number of carbonyl (C=O) groups excluding carboxylic acids is 1. The number of aromatic nitrogens is 2. The fraction of sp³-hybridized carbons (Fsp3) is 0.174. The molecule has 168 valence electrons. The zero-order valence-electron chi connectivity index (χ0n) is 18.1. The molecule has 1 amide bonds. The van der Waals surface area contributed by atoms with E-state index in [1.807, 2.05) is 45.0 Å². The fourth-order valence-corrected chi connectivity index (χ4v) is 5.33. The van der Waals surface area contributed by atoms with E-state index < -0.39 is 10.8 Å². The summed E-state index contributed by atoms with van der Waals surface area (Å²) in [6.45, 7) is 5.77. The normalized spacial score (nSPS) is 11.0. The van der Waals surface area contributed by atoms with Gasteiger partial charge in [0.1, 0.15) is 10.5 Å². The van der Waals surface area contributed by atoms with Crippen LogP contribution >= 0.6 is 23.1 Å². The van der Waals surface area contributed by atoms with E-state index in [2.05, 4.69) is 5.32 Å². The molecule has 0 spiro atoms. The van der Waals surface area contributed by atoms with Gasteiger partial charge in [-0.05, 0) is 44.0 Å². The van der Waals surface area contributed by atoms with Gasteiger partial charge in [0.05, 0.1) is 21.7 Å². The van der Waals surface area contributed by atoms with Gasteiger partial charge >= 0.3 is 0 Å². The Balaban J connectivity index is 1.71. The Labute approximate surface area is 197 Å². The van der Waals surface area contributed by atoms with Crippen molar-refractivity contribution in [1.29, 1.82) is 0 Å². The van der Waals surface area contributed by atoms with Gasteiger partial charge in [0.2, 0.25) is 5.91 Å². The number of benzene rings is 2. The molecule has 2 aromatic carbocycles. The van der Waals surface area contributed by atoms with Gasteiger partial charge in [-0.15, -0.1) is 11.3 Å². The van der Waals surface area contributed by atoms with Crippen molar-refractivity contribution in [3.63, 3.8) is 0 Å². The van der Waals surface area contributed by atoms with Crippen molar-refractivity contribution in [2.24, 2.45) is 0 Å². The first kappa shape index (κ1) is 22.7. The molecule has 33 heavy (non-hydrogen) atoms. The van der Waals surface area contributed by atoms with Crippen LogP contribution in [-0.4, -0.2) is 26.1 Å². The molecule has 0 unspecified atom stereocenters. The van der Waals surface area contributed by atoms with Crippen LogP contribution in [0.3, 0.4) is 0 Å². The number of thioether (sulfide) groups is 1. The quantitative estimate of drug-likeness (QED) is 0.180. The molecule has 2 aromatic heterocycles. The average molecular weight is 481 g/mol. The maximum absolute atomic E-state index is 13.5. The van der Waals surface area contributed by atoms with Crippen LogP contribution in [0.5, 0.6) is 0 Å². The molecule has 0 aliphatic carbocycles. The first-order valence-electron chi connectivity index (χ1n) is 10.0. The van der Waals surface area contributed by atoms with Crippen LogP contribution in [0, 0.1) is 30.9 Å². The predicted octanol–water partition coefficient (Wildman–Crippen LogP) is 5.01. The number of aryl methyl sites for hydroxylation is 3. The summed E-state index contributed by atoms with van der Waals surface area (Å²) >= 11 is 2.56. The summed E-state index contributed by atoms with van der Waals surface area (Å²) in [4.78, 5) is 43.2. The van der Waals surface area contributed by atoms with Crippen molar-refractivity contribution < 1.29 is 9.72 Å². The van der Waals surface area contributed by atoms with Crippen LogP contribution in [0.15, 0.2) is 58.5 Å². The average Bonchev–Trinajstić information content (AvgIpc) is 3.07. The van der Waals surface area contributed by atoms with Gasteiger partial charge in [0, 0.05) is 10.9 Å². The largest absolute Gasteiger partial charge is 0.320 e. The summed E-state index contributed by atoms with van der Waals surface area (Å²) in [5, 5.41) is 14.8. The van der Waals surface area contributed by atoms with Crippen LogP contribution in [-0.2, 0) is 4.79 Å². The van der Waals surface area contributed by atoms with E-state index in [1.54, 1.807) is 10.6 Å². The minimum absolute atomic E-state index is 0.0702. The summed E-state index contributed by atoms with van der Waals surface area (Å²) in [5.41, 5.74) is 2.26. The molecule has 0 aliphatic heterocycles. The number of nitro groups is 1. The molecule has 0 aliphatic rings. The minimum atomic E-state index is -0.546. The number of amides is 1. The lowest BCUT2D eigenvalue weighted by Gasteiger charge is -2.14. The van der Waals surface area contributed by atoms with Gasteiger partial charge in [-0.1, -0.05) is 42.1 Å². The topological polar surface area (TPSA) is 107 Å². The first-order chi connectivity index (χ1) is 15.8. The highest BCUT2D eigenvalue weighted by Crippen LogP contribution is 2.30. The second-order valence-electron chi connectivity index (χ2n) is 7.40. The highest BCUT2D eigenvalue weighted by atomic mass is 32.2. The molecule has 1 N–H and O–H groups in total. The summed E-state index contributed by atoms with van der Waals surface area (Å²) in [6, 6.07) is 13.4. The maximum Gasteiger partial charge on any atom is 0.292 e. The SMILES string of the molecule is Cc1ccccc1-n1c(SCC(=O)Nc2ccccc2[N+](=O)[O-])nc2sc(C)c(C)c2c1=O. The van der Waals surface area contributed by atoms with Crippen molar-refractivity contribution in [2.75, 3.05) is 11.1 Å². The summed E-state index contributed by atoms with van der Waals surface area (Å²) in [6.07, 6.45) is 0. The number of nitrogens with one attached hydrogen (secondary N) is 1. The summed E-state index contributed by atoms with van der Waals surface area (Å²) < 4.78 is 1.54. The van der Waals surface area contributed by atoms with Gasteiger partial charge in [-0.25, -0.2) is 4.98 Å². The van der Waals surface area contributed by atoms with Crippen molar-refractivity contribution >= 4 is 50.6 Å². The third kappa shape index (κ3) is 4.39. The Morgan fingerprint density at radius 2 is 1.85 bits per heavy atom. The standard InChI is InChI=1S/C23H20N4O4S2/c1-13-8-4-6-10-17(13)26-22(29)20-14(2)15(3)33-21(20)25-23(26)32-12-19(28)24-16-9-5-7-11-18(16)27(30)31/h4-11H,12H2,1-3H3,(H,24,28). The predicted molar refractivity (Wildman–Crippen MR) is 132 cm³/mol. The van der Waals surface area contributed by atoms with Gasteiger partial charge in [-0.2, -0.15) is 0 Å². The summed E-state index contributed by atoms with van der Waals surface area (Å²) in [5.74, 6) is -0.502. The lowest BCUT2D eigenvalue weighted by atomic mass is 10.2. The monoisotopic (exact) mass is 480 g/mol. The Hall–Kier alpha value is -3.50. The number of rotatable bonds is 6. The number of carbonyl (C=O) groups is 1. The molecule has 2 heterocycles. The van der Waals surface area contributed by atoms with Crippen LogP contribution in [0.1, 0.15) is 16.0 Å². The van der Waals surface area contributed by atoms with Crippen molar-refractivity contribution in [2.45, 2.75) is 25.9 Å². The van der Waals surface area contributed by atoms with E-state index in [-0.39, 0.29) is 22.7 Å². The van der Waals surface area contributed by atoms with E-state index in [4.69, 9.17) is 4.98 Å². The highest BCUT2D eigenvalue weighted by Gasteiger charge is 2.20. The number of para-hydroxylation sites is 3. The van der Waals surface area contributed by atoms with E-state index in [0.29, 0.717) is 21.1 Å². The Bertz CT molecular complexity index is 1460. The van der Waals surface area contributed by atoms with Crippen molar-refractivity contribution in [1.82, 2.24) is 9.55 Å². The van der Waals surface area contributed by atoms with Crippen LogP contribution in [0.2, 0.25) is 0 Å². The minimum Gasteiger partial charge on any atom is -0.320 e. The van der Waals surface area contributed by atoms with Crippen molar-refractivity contribution in [3.05, 3.63) is 85.0 Å². The molecule has 10 heteroatoms. The molecule has 0 bridgehead atoms. The van der Waals surface area contributed by atoms with Crippen LogP contribution in [0.25, 0.3) is 15.9 Å². The van der Waals surface area contributed by atoms with Crippen molar-refractivity contribution in [3.8, 4) is 5.69 Å². The van der Waals surface area contributed by atoms with Crippen LogP contribution < -0.4 is 10.9 Å². The molecule has 4 aromatic rings. The third-order valence-corrected chi connectivity index (χ3v) is 7.28. The molecule has 4 rings (SSSR count). The summed E-state index contributed by atoms with van der Waals surface area (Å²) in [7, 11) is 0. The number of thiophene rings is 1. The smallest absolute Gasteiger partial charge is 0.292 e. The molecule has 0 saturated heterocycles. The number of nitrogens with zero attached hydrogens (tertiary/aromatic N) is 3. The van der Waals surface area contributed by atoms with Gasteiger partial charge in [0.25, 0.3) is 11.2 Å². The number of nitro benzene ring substituents is 1. The molecule has 8 nitrogen and oxygen atoms in total. The van der Waals surface area contributed by atoms with Gasteiger partial charge in [0.15, 0.2) is 5.16 Å². The van der Waals surface area contributed by atoms with E-state index in [9.17, 15) is 19.7 Å². The first-order valence-corrected chi connectivity index (χ1v) is 11.8. The number of fused-ring (bicyclic) bond motifs is 1. The maximum atomic E-state index is 13.5. The zero-order valence-corrected chi connectivity index (χ0v) is 19.8. The van der Waals surface area contributed by atoms with Crippen LogP contribution in [0.4, 0.5) is 11.4 Å². The zero-order chi connectivity index (χ0) is 23.7. The molecular weight excluding hydrogens is 460 g/mol. The second-order valence-corrected chi connectivity index (χ2v) is 9.54. The number of anilines is 1. The second kappa shape index (κ2) is 9.16. The molecule has 0 fully saturated rings. The molecule has 0 saturated carbocycles. The lowest BCUT2D eigenvalue weighted by molar-refractivity contribution is -0.383. The molecule has 0 atom stereocenters. The fourth-order valence-electron chi connectivity index (χ4n) is 3.45. The van der Waals surface area contributed by atoms with E-state index in [0.717, 1.165) is 27.8 Å². The van der Waals surface area contributed by atoms with Gasteiger partial charge < -0.3 is 5.32 Å². The Morgan fingerprint density at radius 3 is 2.58 bits per heavy atom. The van der Waals surface area contributed by atoms with E-state index >= 15 is 0 Å². The lowest BCUT2D eigenvalue weighted by Crippen LogP contribution is -2.23. The molecular formula is C23H20N4O4S2. The van der Waals surface area contributed by atoms with Gasteiger partial charge in [-0.3, -0.25) is 24.3 Å². The van der Waals surface area contributed by atoms with E-state index in [1.165, 1.54) is 29.5 Å². The molecule has 0 radical (unpaired) electrons. The highest BCUT2D eigenvalue weighted by molar-refractivity contribution is 7.99. The number of hydrogen-bond acceptors (Lipinski definition) is 7. The number of hydrogen-bond donors (Lipinski definition) is 1. The third-order valence-electron chi connectivity index (χ3n) is 5.24.